The molecule has 1 fully saturated rings. The fourth-order valence-electron chi connectivity index (χ4n) is 3.81. The smallest absolute Gasteiger partial charge is 0.410 e. The first-order chi connectivity index (χ1) is 14.2. The van der Waals surface area contributed by atoms with Crippen molar-refractivity contribution in [1.29, 1.82) is 0 Å². The van der Waals surface area contributed by atoms with E-state index >= 15 is 0 Å². The van der Waals surface area contributed by atoms with Gasteiger partial charge >= 0.3 is 6.09 Å². The molecule has 1 aliphatic rings. The molecular formula is C20H30N4O6S. The van der Waals surface area contributed by atoms with Gasteiger partial charge in [0, 0.05) is 37.7 Å². The molecule has 0 N–H and O–H groups in total. The van der Waals surface area contributed by atoms with Crippen LogP contribution in [0.4, 0.5) is 4.79 Å². The molecule has 3 rings (SSSR count). The number of piperidine rings is 1. The Hall–Kier alpha value is -2.40. The van der Waals surface area contributed by atoms with Gasteiger partial charge in [-0.1, -0.05) is 0 Å². The lowest BCUT2D eigenvalue weighted by molar-refractivity contribution is 0.0102. The van der Waals surface area contributed by atoms with Crippen LogP contribution in [0.5, 0.6) is 0 Å². The van der Waals surface area contributed by atoms with Crippen molar-refractivity contribution >= 4 is 21.9 Å². The Bertz CT molecular complexity index is 1140. The van der Waals surface area contributed by atoms with E-state index in [2.05, 4.69) is 5.10 Å². The Morgan fingerprint density at radius 3 is 2.55 bits per heavy atom. The molecule has 0 aliphatic carbocycles. The molecule has 11 heteroatoms. The fourth-order valence-corrected chi connectivity index (χ4v) is 4.14. The number of carbonyl (C=O) groups is 1. The Balaban J connectivity index is 1.87. The lowest BCUT2D eigenvalue weighted by Gasteiger charge is -2.38. The number of hydrogen-bond acceptors (Lipinski definition) is 7. The third-order valence-corrected chi connectivity index (χ3v) is 5.82. The van der Waals surface area contributed by atoms with E-state index < -0.39 is 15.7 Å². The normalized spacial score (nSPS) is 20.3. The second kappa shape index (κ2) is 8.27. The summed E-state index contributed by atoms with van der Waals surface area (Å²) in [4.78, 5) is 26.8. The minimum Gasteiger partial charge on any atom is -0.444 e. The van der Waals surface area contributed by atoms with Gasteiger partial charge in [-0.15, -0.1) is 0 Å². The molecule has 172 valence electrons. The number of nitrogens with zero attached hydrogens (tertiary/aromatic N) is 4. The van der Waals surface area contributed by atoms with Gasteiger partial charge in [-0.3, -0.25) is 13.5 Å². The molecule has 0 spiro atoms. The zero-order chi connectivity index (χ0) is 23.1. The molecule has 2 aromatic heterocycles. The lowest BCUT2D eigenvalue weighted by Crippen LogP contribution is -2.46. The third kappa shape index (κ3) is 5.45. The summed E-state index contributed by atoms with van der Waals surface area (Å²) in [6, 6.07) is 3.13. The van der Waals surface area contributed by atoms with Gasteiger partial charge in [-0.2, -0.15) is 13.5 Å². The maximum atomic E-state index is 12.5. The van der Waals surface area contributed by atoms with E-state index in [1.54, 1.807) is 28.6 Å². The minimum atomic E-state index is -3.61. The van der Waals surface area contributed by atoms with Crippen LogP contribution in [-0.4, -0.2) is 58.0 Å². The zero-order valence-electron chi connectivity index (χ0n) is 18.8. The van der Waals surface area contributed by atoms with E-state index in [4.69, 9.17) is 8.92 Å². The molecule has 0 aromatic carbocycles. The monoisotopic (exact) mass is 454 g/mol. The van der Waals surface area contributed by atoms with Gasteiger partial charge in [0.05, 0.1) is 17.6 Å². The number of likely N-dealkylation sites (tertiary alicyclic amines) is 1. The van der Waals surface area contributed by atoms with Crippen LogP contribution in [0.1, 0.15) is 57.8 Å². The van der Waals surface area contributed by atoms with Gasteiger partial charge < -0.3 is 9.64 Å². The first kappa shape index (κ1) is 23.3. The number of amides is 1. The molecule has 31 heavy (non-hydrogen) atoms. The maximum Gasteiger partial charge on any atom is 0.410 e. The van der Waals surface area contributed by atoms with Gasteiger partial charge in [0.1, 0.15) is 17.9 Å². The Morgan fingerprint density at radius 1 is 1.29 bits per heavy atom. The molecule has 2 aromatic rings. The predicted octanol–water partition coefficient (Wildman–Crippen LogP) is 2.01. The van der Waals surface area contributed by atoms with Crippen LogP contribution in [-0.2, 0) is 32.7 Å². The van der Waals surface area contributed by atoms with Crippen molar-refractivity contribution in [2.75, 3.05) is 12.8 Å². The Morgan fingerprint density at radius 2 is 1.97 bits per heavy atom. The van der Waals surface area contributed by atoms with Crippen LogP contribution in [0.25, 0.3) is 5.65 Å². The summed E-state index contributed by atoms with van der Waals surface area (Å²) in [5.74, 6) is 0.00802. The molecule has 2 atom stereocenters. The van der Waals surface area contributed by atoms with E-state index in [9.17, 15) is 18.0 Å². The number of aryl methyl sites for hydroxylation is 1. The largest absolute Gasteiger partial charge is 0.444 e. The van der Waals surface area contributed by atoms with E-state index in [-0.39, 0.29) is 30.2 Å². The molecule has 1 aliphatic heterocycles. The van der Waals surface area contributed by atoms with E-state index in [0.717, 1.165) is 11.9 Å². The van der Waals surface area contributed by atoms with Gasteiger partial charge in [0.25, 0.3) is 15.7 Å². The summed E-state index contributed by atoms with van der Waals surface area (Å²) in [5.41, 5.74) is 0.953. The van der Waals surface area contributed by atoms with E-state index in [1.165, 1.54) is 4.57 Å². The maximum absolute atomic E-state index is 12.5. The highest BCUT2D eigenvalue weighted by Gasteiger charge is 2.33. The highest BCUT2D eigenvalue weighted by atomic mass is 32.2. The molecule has 0 bridgehead atoms. The Kier molecular flexibility index (Phi) is 6.21. The highest BCUT2D eigenvalue weighted by molar-refractivity contribution is 7.85. The first-order valence-corrected chi connectivity index (χ1v) is 12.0. The average Bonchev–Trinajstić information content (AvgIpc) is 3.05. The summed E-state index contributed by atoms with van der Waals surface area (Å²) in [7, 11) is -1.97. The van der Waals surface area contributed by atoms with Gasteiger partial charge in [0.15, 0.2) is 0 Å². The fraction of sp³-hybridized carbons (Fsp3) is 0.650. The third-order valence-electron chi connectivity index (χ3n) is 5.27. The number of rotatable bonds is 4. The lowest BCUT2D eigenvalue weighted by atomic mass is 9.89. The van der Waals surface area contributed by atoms with Crippen molar-refractivity contribution < 1.29 is 22.1 Å². The number of carbonyl (C=O) groups excluding carboxylic acids is 1. The van der Waals surface area contributed by atoms with Crippen LogP contribution in [0.15, 0.2) is 16.9 Å². The molecule has 3 heterocycles. The van der Waals surface area contributed by atoms with Gasteiger partial charge in [-0.05, 0) is 40.5 Å². The first-order valence-electron chi connectivity index (χ1n) is 10.2. The van der Waals surface area contributed by atoms with Crippen molar-refractivity contribution in [3.05, 3.63) is 33.9 Å². The Labute approximate surface area is 181 Å². The quantitative estimate of drug-likeness (QED) is 0.650. The summed E-state index contributed by atoms with van der Waals surface area (Å²) >= 11 is 0. The second-order valence-electron chi connectivity index (χ2n) is 9.08. The summed E-state index contributed by atoms with van der Waals surface area (Å²) in [6.07, 6.45) is 1.94. The number of fused-ring (bicyclic) bond motifs is 1. The van der Waals surface area contributed by atoms with Gasteiger partial charge in [-0.25, -0.2) is 9.31 Å². The van der Waals surface area contributed by atoms with Crippen LogP contribution in [0.2, 0.25) is 0 Å². The number of hydrogen-bond donors (Lipinski definition) is 0. The predicted molar refractivity (Wildman–Crippen MR) is 114 cm³/mol. The standard InChI is InChI=1S/C20H30N4O6S/c1-13-9-14(7-8-23(13)19(26)30-20(2,3)4)16-11-18(25)22(5)17-10-15(21-24(16)17)12-29-31(6,27)28/h10-11,13-14H,7-9,12H2,1-6H3/t13-,14?/m0/s1. The summed E-state index contributed by atoms with van der Waals surface area (Å²) in [5, 5.41) is 4.48. The second-order valence-corrected chi connectivity index (χ2v) is 10.7. The van der Waals surface area contributed by atoms with E-state index in [0.29, 0.717) is 30.7 Å². The van der Waals surface area contributed by atoms with Crippen LogP contribution in [0.3, 0.4) is 0 Å². The number of ether oxygens (including phenoxy) is 1. The molecule has 10 nitrogen and oxygen atoms in total. The summed E-state index contributed by atoms with van der Waals surface area (Å²) < 4.78 is 36.1. The van der Waals surface area contributed by atoms with Crippen molar-refractivity contribution in [1.82, 2.24) is 19.1 Å². The number of aromatic nitrogens is 3. The molecular weight excluding hydrogens is 424 g/mol. The SMILES string of the molecule is C[C@H]1CC(c2cc(=O)n(C)c3cc(COS(C)(=O)=O)nn23)CCN1C(=O)OC(C)(C)C. The molecule has 1 saturated heterocycles. The van der Waals surface area contributed by atoms with Crippen molar-refractivity contribution in [3.63, 3.8) is 0 Å². The summed E-state index contributed by atoms with van der Waals surface area (Å²) in [6.45, 7) is 7.76. The van der Waals surface area contributed by atoms with Gasteiger partial charge in [0.2, 0.25) is 0 Å². The van der Waals surface area contributed by atoms with Crippen molar-refractivity contribution in [2.24, 2.45) is 7.05 Å². The topological polar surface area (TPSA) is 112 Å². The van der Waals surface area contributed by atoms with Crippen molar-refractivity contribution in [2.45, 2.75) is 64.7 Å². The average molecular weight is 455 g/mol. The minimum absolute atomic E-state index is 0.00802. The van der Waals surface area contributed by atoms with Crippen molar-refractivity contribution in [3.8, 4) is 0 Å². The molecule has 0 saturated carbocycles. The molecule has 1 unspecified atom stereocenters. The van der Waals surface area contributed by atoms with Crippen LogP contribution >= 0.6 is 0 Å². The zero-order valence-corrected chi connectivity index (χ0v) is 19.6. The van der Waals surface area contributed by atoms with E-state index in [1.807, 2.05) is 27.7 Å². The molecule has 0 radical (unpaired) electrons. The highest BCUT2D eigenvalue weighted by Crippen LogP contribution is 2.32. The van der Waals surface area contributed by atoms with Crippen LogP contribution in [0, 0.1) is 0 Å². The van der Waals surface area contributed by atoms with Crippen LogP contribution < -0.4 is 5.56 Å². The molecule has 1 amide bonds.